The molecule has 0 saturated heterocycles. The van der Waals surface area contributed by atoms with Gasteiger partial charge in [0.15, 0.2) is 0 Å². The average molecular weight is 574 g/mol. The summed E-state index contributed by atoms with van der Waals surface area (Å²) in [6, 6.07) is 20.6. The zero-order chi connectivity index (χ0) is 28.3. The Kier molecular flexibility index (Phi) is 8.39. The number of nitrogens with zero attached hydrogens (tertiary/aromatic N) is 2. The lowest BCUT2D eigenvalue weighted by atomic mass is 9.86. The molecule has 5 rings (SSSR count). The van der Waals surface area contributed by atoms with Crippen molar-refractivity contribution in [3.63, 3.8) is 0 Å². The van der Waals surface area contributed by atoms with E-state index >= 15 is 0 Å². The first-order chi connectivity index (χ1) is 19.2. The quantitative estimate of drug-likeness (QED) is 0.336. The predicted octanol–water partition coefficient (Wildman–Crippen LogP) is 6.55. The minimum absolute atomic E-state index is 0.246. The summed E-state index contributed by atoms with van der Waals surface area (Å²) in [6.07, 6.45) is -1.13. The summed E-state index contributed by atoms with van der Waals surface area (Å²) in [5, 5.41) is 11.8. The number of fused-ring (bicyclic) bond motifs is 2. The Balaban J connectivity index is 1.46. The number of anilines is 2. The van der Waals surface area contributed by atoms with Crippen LogP contribution >= 0.6 is 0 Å². The van der Waals surface area contributed by atoms with E-state index in [4.69, 9.17) is 0 Å². The van der Waals surface area contributed by atoms with Crippen molar-refractivity contribution in [2.24, 2.45) is 4.36 Å². The summed E-state index contributed by atoms with van der Waals surface area (Å²) < 4.78 is 63.8. The Morgan fingerprint density at radius 3 is 2.15 bits per heavy atom. The van der Waals surface area contributed by atoms with E-state index in [9.17, 15) is 22.5 Å². The van der Waals surface area contributed by atoms with Crippen molar-refractivity contribution in [1.29, 1.82) is 0 Å². The summed E-state index contributed by atoms with van der Waals surface area (Å²) in [6.45, 7) is 2.20. The number of para-hydroxylation sites is 2. The van der Waals surface area contributed by atoms with Crippen LogP contribution in [0.2, 0.25) is 0 Å². The van der Waals surface area contributed by atoms with Crippen molar-refractivity contribution >= 4 is 21.3 Å². The molecule has 1 fully saturated rings. The Morgan fingerprint density at radius 1 is 0.975 bits per heavy atom. The van der Waals surface area contributed by atoms with Crippen LogP contribution in [0.5, 0.6) is 5.75 Å². The van der Waals surface area contributed by atoms with E-state index in [0.717, 1.165) is 49.2 Å². The third-order valence-electron chi connectivity index (χ3n) is 7.50. The van der Waals surface area contributed by atoms with Crippen LogP contribution in [-0.4, -0.2) is 40.4 Å². The molecule has 4 atom stereocenters. The van der Waals surface area contributed by atoms with Gasteiger partial charge < -0.3 is 14.7 Å². The number of halogens is 3. The van der Waals surface area contributed by atoms with Gasteiger partial charge in [-0.1, -0.05) is 43.3 Å². The van der Waals surface area contributed by atoms with Crippen LogP contribution in [-0.2, 0) is 22.8 Å². The number of nitrogens with one attached hydrogen (secondary N) is 1. The molecule has 0 spiro atoms. The van der Waals surface area contributed by atoms with Gasteiger partial charge in [0.25, 0.3) is 0 Å². The number of aliphatic hydroxyl groups excluding tert-OH is 1. The SMILES string of the molecule is CCCN=S(=O)(N[C@@H]1CCC[C@@H](N2c3ccccc3CCc3ccccc32)[C@H]1O)c1ccc(OC(F)(F)F)cc1. The second kappa shape index (κ2) is 11.8. The average Bonchev–Trinajstić information content (AvgIpc) is 3.10. The molecule has 6 nitrogen and oxygen atoms in total. The van der Waals surface area contributed by atoms with Crippen LogP contribution in [0.15, 0.2) is 82.1 Å². The molecule has 1 unspecified atom stereocenters. The molecular formula is C30H34F3N3O3S. The monoisotopic (exact) mass is 573 g/mol. The van der Waals surface area contributed by atoms with E-state index in [0.29, 0.717) is 19.4 Å². The third-order valence-corrected chi connectivity index (χ3v) is 9.58. The van der Waals surface area contributed by atoms with E-state index in [-0.39, 0.29) is 10.9 Å². The van der Waals surface area contributed by atoms with Crippen LogP contribution in [0.3, 0.4) is 0 Å². The molecule has 1 heterocycles. The van der Waals surface area contributed by atoms with Gasteiger partial charge in [-0.2, -0.15) is 0 Å². The number of benzene rings is 3. The lowest BCUT2D eigenvalue weighted by Gasteiger charge is -2.43. The first-order valence-electron chi connectivity index (χ1n) is 13.7. The first-order valence-corrected chi connectivity index (χ1v) is 15.2. The van der Waals surface area contributed by atoms with Crippen molar-refractivity contribution in [2.45, 2.75) is 74.9 Å². The number of aryl methyl sites for hydroxylation is 2. The zero-order valence-corrected chi connectivity index (χ0v) is 23.1. The summed E-state index contributed by atoms with van der Waals surface area (Å²) in [5.74, 6) is -0.398. The fraction of sp³-hybridized carbons (Fsp3) is 0.400. The maximum absolute atomic E-state index is 14.2. The zero-order valence-electron chi connectivity index (χ0n) is 22.3. The molecule has 1 aliphatic carbocycles. The smallest absolute Gasteiger partial charge is 0.406 e. The van der Waals surface area contributed by atoms with E-state index in [1.807, 2.05) is 31.2 Å². The molecule has 3 aromatic rings. The number of alkyl halides is 3. The second-order valence-corrected chi connectivity index (χ2v) is 12.3. The lowest BCUT2D eigenvalue weighted by Crippen LogP contribution is -2.55. The molecule has 1 saturated carbocycles. The summed E-state index contributed by atoms with van der Waals surface area (Å²) in [7, 11) is -3.25. The molecule has 214 valence electrons. The van der Waals surface area contributed by atoms with E-state index in [2.05, 4.69) is 43.0 Å². The normalized spacial score (nSPS) is 22.4. The third kappa shape index (κ3) is 6.14. The van der Waals surface area contributed by atoms with Gasteiger partial charge in [0, 0.05) is 24.0 Å². The van der Waals surface area contributed by atoms with Crippen molar-refractivity contribution in [3.8, 4) is 5.75 Å². The van der Waals surface area contributed by atoms with Gasteiger partial charge in [-0.25, -0.2) is 13.3 Å². The Bertz CT molecular complexity index is 1390. The standard InChI is InChI=1S/C30H34F3N3O3S/c1-2-20-34-40(38,24-18-16-23(17-19-24)39-30(31,32)33)35-25-10-7-13-28(29(25)37)36-26-11-5-3-8-21(26)14-15-22-9-4-6-12-27(22)36/h3-6,8-9,11-12,16-19,25,28-29,37H,2,7,10,13-15,20H2,1H3,(H,34,35,38)/t25-,28-,29+,40?/m1/s1. The van der Waals surface area contributed by atoms with Gasteiger partial charge in [0.2, 0.25) is 0 Å². The minimum atomic E-state index is -4.82. The van der Waals surface area contributed by atoms with Gasteiger partial charge in [-0.15, -0.1) is 13.2 Å². The van der Waals surface area contributed by atoms with Crippen LogP contribution < -0.4 is 14.4 Å². The van der Waals surface area contributed by atoms with Crippen LogP contribution in [0.1, 0.15) is 43.7 Å². The van der Waals surface area contributed by atoms with Gasteiger partial charge >= 0.3 is 6.36 Å². The van der Waals surface area contributed by atoms with Gasteiger partial charge in [-0.05, 0) is 86.1 Å². The Hall–Kier alpha value is -3.08. The number of hydrogen-bond donors (Lipinski definition) is 2. The maximum atomic E-state index is 14.2. The molecule has 0 bridgehead atoms. The van der Waals surface area contributed by atoms with E-state index in [1.54, 1.807) is 0 Å². The first kappa shape index (κ1) is 28.4. The summed E-state index contributed by atoms with van der Waals surface area (Å²) in [5.41, 5.74) is 4.55. The topological polar surface area (TPSA) is 74.2 Å². The molecule has 2 N–H and O–H groups in total. The van der Waals surface area contributed by atoms with Gasteiger partial charge in [-0.3, -0.25) is 0 Å². The molecule has 1 aliphatic heterocycles. The Morgan fingerprint density at radius 2 is 1.57 bits per heavy atom. The van der Waals surface area contributed by atoms with Crippen molar-refractivity contribution in [2.75, 3.05) is 11.4 Å². The lowest BCUT2D eigenvalue weighted by molar-refractivity contribution is -0.274. The van der Waals surface area contributed by atoms with Crippen LogP contribution in [0, 0.1) is 0 Å². The molecule has 2 aliphatic rings. The van der Waals surface area contributed by atoms with E-state index in [1.165, 1.54) is 23.3 Å². The summed E-state index contributed by atoms with van der Waals surface area (Å²) >= 11 is 0. The van der Waals surface area contributed by atoms with E-state index < -0.39 is 34.2 Å². The number of ether oxygens (including phenoxy) is 1. The minimum Gasteiger partial charge on any atom is -0.406 e. The van der Waals surface area contributed by atoms with Crippen LogP contribution in [0.25, 0.3) is 0 Å². The number of rotatable bonds is 7. The maximum Gasteiger partial charge on any atom is 0.573 e. The molecule has 0 amide bonds. The fourth-order valence-corrected chi connectivity index (χ4v) is 7.64. The number of hydrogen-bond acceptors (Lipinski definition) is 5. The highest BCUT2D eigenvalue weighted by molar-refractivity contribution is 7.91. The summed E-state index contributed by atoms with van der Waals surface area (Å²) in [4.78, 5) is 2.49. The molecule has 40 heavy (non-hydrogen) atoms. The van der Waals surface area contributed by atoms with Gasteiger partial charge in [0.1, 0.15) is 15.7 Å². The predicted molar refractivity (Wildman–Crippen MR) is 150 cm³/mol. The number of aliphatic hydroxyl groups is 1. The van der Waals surface area contributed by atoms with Crippen molar-refractivity contribution < 1.29 is 27.2 Å². The molecule has 0 radical (unpaired) electrons. The Labute approximate surface area is 233 Å². The van der Waals surface area contributed by atoms with Crippen molar-refractivity contribution in [3.05, 3.63) is 83.9 Å². The molecule has 3 aromatic carbocycles. The van der Waals surface area contributed by atoms with Crippen LogP contribution in [0.4, 0.5) is 24.5 Å². The highest BCUT2D eigenvalue weighted by atomic mass is 32.2. The van der Waals surface area contributed by atoms with Crippen molar-refractivity contribution in [1.82, 2.24) is 4.72 Å². The highest BCUT2D eigenvalue weighted by Crippen LogP contribution is 2.41. The molecule has 10 heteroatoms. The molecular weight excluding hydrogens is 539 g/mol. The largest absolute Gasteiger partial charge is 0.573 e. The van der Waals surface area contributed by atoms with Gasteiger partial charge in [0.05, 0.1) is 17.0 Å². The fourth-order valence-electron chi connectivity index (χ4n) is 5.67. The highest BCUT2D eigenvalue weighted by Gasteiger charge is 2.39. The second-order valence-electron chi connectivity index (χ2n) is 10.2. The molecule has 0 aromatic heterocycles.